The fraction of sp³-hybridized carbons (Fsp3) is 0.763. The van der Waals surface area contributed by atoms with Gasteiger partial charge in [-0.1, -0.05) is 84.9 Å². The molecule has 1 amide bonds. The number of carbonyl (C=O) groups excluding carboxylic acids is 4. The monoisotopic (exact) mass is 1080 g/mol. The van der Waals surface area contributed by atoms with Crippen LogP contribution in [0, 0.1) is 41.4 Å². The minimum Gasteiger partial charge on any atom is -0.481 e. The molecule has 0 aromatic heterocycles. The number of esters is 3. The maximum absolute atomic E-state index is 13.6. The van der Waals surface area contributed by atoms with E-state index < -0.39 is 84.4 Å². The van der Waals surface area contributed by atoms with E-state index in [4.69, 9.17) is 33.2 Å². The van der Waals surface area contributed by atoms with Gasteiger partial charge in [-0.3, -0.25) is 29.0 Å². The molecule has 3 N–H and O–H groups in total. The number of amides is 1. The van der Waals surface area contributed by atoms with Crippen LogP contribution in [0.15, 0.2) is 60.3 Å². The summed E-state index contributed by atoms with van der Waals surface area (Å²) >= 11 is 0. The van der Waals surface area contributed by atoms with E-state index >= 15 is 0 Å². The topological polar surface area (TPSA) is 203 Å². The molecule has 0 fully saturated rings. The predicted molar refractivity (Wildman–Crippen MR) is 298 cm³/mol. The van der Waals surface area contributed by atoms with Crippen LogP contribution in [0.4, 0.5) is 0 Å². The second-order valence-corrected chi connectivity index (χ2v) is 22.1. The summed E-state index contributed by atoms with van der Waals surface area (Å²) in [5.41, 5.74) is 1.11. The van der Waals surface area contributed by atoms with Crippen LogP contribution in [0.2, 0.25) is 0 Å². The zero-order valence-electron chi connectivity index (χ0n) is 49.8. The molecule has 0 aromatic carbocycles. The van der Waals surface area contributed by atoms with E-state index in [1.54, 1.807) is 84.5 Å². The molecule has 0 unspecified atom stereocenters. The van der Waals surface area contributed by atoms with Crippen molar-refractivity contribution in [3.05, 3.63) is 60.3 Å². The number of carbonyl (C=O) groups is 4. The van der Waals surface area contributed by atoms with Gasteiger partial charge in [0.1, 0.15) is 36.5 Å². The van der Waals surface area contributed by atoms with Crippen molar-refractivity contribution in [2.45, 2.75) is 188 Å². The van der Waals surface area contributed by atoms with Crippen LogP contribution in [0.25, 0.3) is 0 Å². The van der Waals surface area contributed by atoms with Gasteiger partial charge in [0.15, 0.2) is 0 Å². The van der Waals surface area contributed by atoms with E-state index in [2.05, 4.69) is 19.9 Å². The van der Waals surface area contributed by atoms with Gasteiger partial charge in [-0.05, 0) is 116 Å². The third-order valence-electron chi connectivity index (χ3n) is 15.3. The summed E-state index contributed by atoms with van der Waals surface area (Å²) < 4.78 is 41.7. The first-order valence-electron chi connectivity index (χ1n) is 27.5. The summed E-state index contributed by atoms with van der Waals surface area (Å²) in [5.74, 6) is -3.71. The van der Waals surface area contributed by atoms with Crippen LogP contribution < -0.4 is 0 Å². The lowest BCUT2D eigenvalue weighted by molar-refractivity contribution is -0.166. The average Bonchev–Trinajstić information content (AvgIpc) is 3.38. The maximum Gasteiger partial charge on any atom is 0.326 e. The standard InChI is InChI=1S/C59H103N3O14/c1-38-27-28-39(2)50(72-18)31-29-40(3)56(67)44(7)52(76-59(69)49(36-70-16)61(13)14)24-20-19-21-26-54(65)74-51(25-22-23-48(35-38)71-17)43(6)55(66)41(4)30-32-53(75-58(68)46(9)60(11)12)45(8)57(73-47(10)64)42(5)33-34-62(15)37-63/h19-20,22-23,26,28,33-34,37-38,40-46,48-53,55-57,65-67H,21,24-25,27,29-32,35-36H2,1-18H3/b20-19+,23-22+,34-33+,39-28+,54-26+/t38-,40-,41+,42-,43-,44-,45+,46+,48+,49+,50+,51+,52-,53-,55+,56-,57-/m1/s1. The number of aliphatic hydroxyl groups is 3. The maximum atomic E-state index is 13.6. The number of ether oxygens (including phenoxy) is 7. The van der Waals surface area contributed by atoms with Gasteiger partial charge in [0, 0.05) is 78.0 Å². The van der Waals surface area contributed by atoms with Crippen molar-refractivity contribution in [2.24, 2.45) is 41.4 Å². The molecule has 17 atom stereocenters. The summed E-state index contributed by atoms with van der Waals surface area (Å²) in [6.45, 7) is 18.9. The second-order valence-electron chi connectivity index (χ2n) is 22.1. The first kappa shape index (κ1) is 69.9. The quantitative estimate of drug-likeness (QED) is 0.0380. The largest absolute Gasteiger partial charge is 0.481 e. The Bertz CT molecular complexity index is 1840. The van der Waals surface area contributed by atoms with Crippen molar-refractivity contribution in [1.29, 1.82) is 0 Å². The Morgan fingerprint density at radius 1 is 0.855 bits per heavy atom. The van der Waals surface area contributed by atoms with Gasteiger partial charge in [-0.25, -0.2) is 0 Å². The Labute approximate surface area is 458 Å². The van der Waals surface area contributed by atoms with Crippen molar-refractivity contribution in [2.75, 3.05) is 63.2 Å². The van der Waals surface area contributed by atoms with E-state index in [0.717, 1.165) is 18.4 Å². The molecule has 17 nitrogen and oxygen atoms in total. The van der Waals surface area contributed by atoms with Crippen LogP contribution in [0.1, 0.15) is 127 Å². The molecule has 0 saturated heterocycles. The molecule has 1 rings (SSSR count). The molecule has 0 aromatic rings. The summed E-state index contributed by atoms with van der Waals surface area (Å²) in [4.78, 5) is 55.7. The molecular weight excluding hydrogens is 975 g/mol. The number of hydrogen-bond donors (Lipinski definition) is 3. The van der Waals surface area contributed by atoms with Gasteiger partial charge in [-0.15, -0.1) is 0 Å². The van der Waals surface area contributed by atoms with Gasteiger partial charge in [0.2, 0.25) is 6.41 Å². The Morgan fingerprint density at radius 3 is 2.11 bits per heavy atom. The molecule has 17 heteroatoms. The highest BCUT2D eigenvalue weighted by Crippen LogP contribution is 2.32. The fourth-order valence-corrected chi connectivity index (χ4v) is 9.47. The number of aliphatic hydroxyl groups excluding tert-OH is 3. The smallest absolute Gasteiger partial charge is 0.326 e. The zero-order chi connectivity index (χ0) is 57.8. The Kier molecular flexibility index (Phi) is 33.9. The third-order valence-corrected chi connectivity index (χ3v) is 15.3. The number of rotatable bonds is 23. The molecule has 76 heavy (non-hydrogen) atoms. The van der Waals surface area contributed by atoms with Crippen molar-refractivity contribution in [3.63, 3.8) is 0 Å². The zero-order valence-corrected chi connectivity index (χ0v) is 49.8. The lowest BCUT2D eigenvalue weighted by Crippen LogP contribution is -2.44. The molecule has 1 aliphatic rings. The van der Waals surface area contributed by atoms with Gasteiger partial charge >= 0.3 is 17.9 Å². The normalized spacial score (nSPS) is 29.0. The molecule has 1 aliphatic heterocycles. The molecule has 0 radical (unpaired) electrons. The molecule has 0 aliphatic carbocycles. The van der Waals surface area contributed by atoms with Crippen LogP contribution in [0.5, 0.6) is 0 Å². The summed E-state index contributed by atoms with van der Waals surface area (Å²) in [7, 11) is 13.7. The number of likely N-dealkylation sites (N-methyl/N-ethyl adjacent to an activating group) is 2. The number of methoxy groups -OCH3 is 3. The van der Waals surface area contributed by atoms with Gasteiger partial charge in [-0.2, -0.15) is 0 Å². The van der Waals surface area contributed by atoms with Crippen molar-refractivity contribution in [3.8, 4) is 0 Å². The van der Waals surface area contributed by atoms with Crippen molar-refractivity contribution in [1.82, 2.24) is 14.7 Å². The van der Waals surface area contributed by atoms with E-state index in [0.29, 0.717) is 44.9 Å². The molecule has 438 valence electrons. The van der Waals surface area contributed by atoms with E-state index in [1.807, 2.05) is 65.8 Å². The molecule has 0 spiro atoms. The number of hydrogen-bond acceptors (Lipinski definition) is 16. The van der Waals surface area contributed by atoms with Crippen molar-refractivity contribution >= 4 is 24.3 Å². The Morgan fingerprint density at radius 2 is 1.53 bits per heavy atom. The van der Waals surface area contributed by atoms with E-state index in [9.17, 15) is 34.5 Å². The number of allylic oxidation sites excluding steroid dienone is 3. The summed E-state index contributed by atoms with van der Waals surface area (Å²) in [6, 6.07) is -1.20. The van der Waals surface area contributed by atoms with Crippen LogP contribution >= 0.6 is 0 Å². The molecule has 0 saturated carbocycles. The summed E-state index contributed by atoms with van der Waals surface area (Å²) in [5, 5.41) is 35.1. The van der Waals surface area contributed by atoms with Crippen LogP contribution in [0.3, 0.4) is 0 Å². The van der Waals surface area contributed by atoms with E-state index in [-0.39, 0.29) is 54.9 Å². The average molecular weight is 1080 g/mol. The van der Waals surface area contributed by atoms with E-state index in [1.165, 1.54) is 18.9 Å². The fourth-order valence-electron chi connectivity index (χ4n) is 9.47. The Hall–Kier alpha value is -4.10. The van der Waals surface area contributed by atoms with Crippen molar-refractivity contribution < 1.29 is 67.7 Å². The third kappa shape index (κ3) is 25.1. The lowest BCUT2D eigenvalue weighted by atomic mass is 9.82. The van der Waals surface area contributed by atoms with Gasteiger partial charge in [0.05, 0.1) is 31.0 Å². The van der Waals surface area contributed by atoms with Gasteiger partial charge in [0.25, 0.3) is 5.95 Å². The first-order valence-corrected chi connectivity index (χ1v) is 27.5. The van der Waals surface area contributed by atoms with Gasteiger partial charge < -0.3 is 53.4 Å². The minimum absolute atomic E-state index is 0.128. The molecular formula is C59H103N3O14. The molecule has 0 bridgehead atoms. The number of nitrogens with zero attached hydrogens (tertiary/aromatic N) is 3. The SMILES string of the molecule is COC[C@@H](C(=O)O[C@@H]1C/C=C/C/C=C(\O)O[C@H]([C@@H](C)[C@@H](O)[C@@H](C)CC[C@@H](OC(=O)[C@H](C)N(C)C)[C@H](C)[C@H](OC(C)=O)[C@H](C)/C=C/N(C)C=O)C/C=C/[C@H](OC)C[C@H](C)C/C=C(\C)[C@@H](OC)CC[C@@H](C)[C@@H](O)[C@@H]1C)N(C)C. The lowest BCUT2D eigenvalue weighted by Gasteiger charge is -2.35. The minimum atomic E-state index is -0.935. The summed E-state index contributed by atoms with van der Waals surface area (Å²) in [6.07, 6.45) is 15.2. The van der Waals surface area contributed by atoms with Crippen LogP contribution in [-0.2, 0) is 52.3 Å². The highest BCUT2D eigenvalue weighted by molar-refractivity contribution is 5.76. The predicted octanol–water partition coefficient (Wildman–Crippen LogP) is 8.44. The highest BCUT2D eigenvalue weighted by Gasteiger charge is 2.37. The van der Waals surface area contributed by atoms with Crippen LogP contribution in [-0.4, -0.2) is 178 Å². The highest BCUT2D eigenvalue weighted by atomic mass is 16.6. The Balaban J connectivity index is 3.69. The second kappa shape index (κ2) is 36.9. The first-order chi connectivity index (χ1) is 35.7. The molecule has 1 heterocycles.